The summed E-state index contributed by atoms with van der Waals surface area (Å²) in [4.78, 5) is 4.04. The van der Waals surface area contributed by atoms with Crippen LogP contribution < -0.4 is 20.9 Å². The van der Waals surface area contributed by atoms with Crippen LogP contribution >= 0.6 is 0 Å². The highest BCUT2D eigenvalue weighted by Crippen LogP contribution is 2.31. The van der Waals surface area contributed by atoms with Gasteiger partial charge in [0, 0.05) is 0 Å². The molecule has 0 aliphatic heterocycles. The van der Waals surface area contributed by atoms with Crippen LogP contribution in [-0.4, -0.2) is 28.4 Å². The Morgan fingerprint density at radius 3 is 2.50 bits per heavy atom. The number of nitrogens with one attached hydrogen (secondary N) is 1. The van der Waals surface area contributed by atoms with Crippen molar-refractivity contribution in [3.05, 3.63) is 29.6 Å². The molecule has 0 radical (unpaired) electrons. The number of hydrogen-bond acceptors (Lipinski definition) is 6. The van der Waals surface area contributed by atoms with E-state index in [0.717, 1.165) is 5.56 Å². The molecule has 108 valence electrons. The van der Waals surface area contributed by atoms with Crippen LogP contribution in [0.1, 0.15) is 31.3 Å². The van der Waals surface area contributed by atoms with Gasteiger partial charge < -0.3 is 20.9 Å². The zero-order chi connectivity index (χ0) is 14.5. The van der Waals surface area contributed by atoms with Crippen molar-refractivity contribution >= 4 is 5.95 Å². The van der Waals surface area contributed by atoms with Gasteiger partial charge in [-0.15, -0.1) is 5.10 Å². The van der Waals surface area contributed by atoms with Crippen LogP contribution in [0.2, 0.25) is 0 Å². The molecule has 1 atom stereocenters. The largest absolute Gasteiger partial charge is 0.490 e. The van der Waals surface area contributed by atoms with Gasteiger partial charge in [0.1, 0.15) is 5.82 Å². The minimum absolute atomic E-state index is 0.173. The smallest absolute Gasteiger partial charge is 0.239 e. The topological polar surface area (TPSA) is 112 Å². The van der Waals surface area contributed by atoms with Gasteiger partial charge in [-0.3, -0.25) is 5.10 Å². The molecule has 0 saturated heterocycles. The van der Waals surface area contributed by atoms with E-state index in [1.54, 1.807) is 0 Å². The lowest BCUT2D eigenvalue weighted by Gasteiger charge is -2.14. The van der Waals surface area contributed by atoms with Crippen LogP contribution in [0, 0.1) is 0 Å². The molecule has 1 aromatic heterocycles. The highest BCUT2D eigenvalue weighted by atomic mass is 16.5. The third kappa shape index (κ3) is 3.00. The van der Waals surface area contributed by atoms with Gasteiger partial charge in [-0.05, 0) is 31.5 Å². The van der Waals surface area contributed by atoms with Crippen molar-refractivity contribution in [3.8, 4) is 11.5 Å². The third-order valence-electron chi connectivity index (χ3n) is 2.74. The van der Waals surface area contributed by atoms with Crippen molar-refractivity contribution in [3.63, 3.8) is 0 Å². The molecule has 1 heterocycles. The summed E-state index contributed by atoms with van der Waals surface area (Å²) >= 11 is 0. The average Bonchev–Trinajstić information content (AvgIpc) is 2.87. The number of nitrogens with zero attached hydrogens (tertiary/aromatic N) is 2. The number of H-pyrrole nitrogens is 1. The van der Waals surface area contributed by atoms with Crippen molar-refractivity contribution in [1.82, 2.24) is 15.2 Å². The second kappa shape index (κ2) is 6.25. The maximum atomic E-state index is 6.13. The second-order valence-electron chi connectivity index (χ2n) is 4.13. The van der Waals surface area contributed by atoms with Crippen molar-refractivity contribution in [1.29, 1.82) is 0 Å². The summed E-state index contributed by atoms with van der Waals surface area (Å²) in [6.07, 6.45) is 0. The fourth-order valence-electron chi connectivity index (χ4n) is 1.85. The van der Waals surface area contributed by atoms with Crippen molar-refractivity contribution in [2.75, 3.05) is 18.9 Å². The fraction of sp³-hybridized carbons (Fsp3) is 0.385. The predicted octanol–water partition coefficient (Wildman–Crippen LogP) is 1.23. The standard InChI is InChI=1S/C13H19N5O2/c1-3-19-9-6-5-8(7-10(9)20-4-2)11(14)12-16-13(15)18-17-12/h5-7,11H,3-4,14H2,1-2H3,(H3,15,16,17,18)/t11-/m1/s1. The first kappa shape index (κ1) is 14.1. The second-order valence-corrected chi connectivity index (χ2v) is 4.13. The molecular weight excluding hydrogens is 258 g/mol. The van der Waals surface area contributed by atoms with Gasteiger partial charge in [-0.2, -0.15) is 4.98 Å². The van der Waals surface area contributed by atoms with E-state index in [9.17, 15) is 0 Å². The first-order valence-electron chi connectivity index (χ1n) is 6.48. The lowest BCUT2D eigenvalue weighted by molar-refractivity contribution is 0.287. The summed E-state index contributed by atoms with van der Waals surface area (Å²) in [6, 6.07) is 5.10. The molecule has 0 amide bonds. The number of rotatable bonds is 6. The maximum absolute atomic E-state index is 6.13. The van der Waals surface area contributed by atoms with Crippen LogP contribution in [0.4, 0.5) is 5.95 Å². The Morgan fingerprint density at radius 1 is 1.20 bits per heavy atom. The number of anilines is 1. The van der Waals surface area contributed by atoms with E-state index < -0.39 is 6.04 Å². The van der Waals surface area contributed by atoms with E-state index in [2.05, 4.69) is 15.2 Å². The van der Waals surface area contributed by atoms with Crippen LogP contribution in [0.25, 0.3) is 0 Å². The SMILES string of the molecule is CCOc1ccc([C@@H](N)c2nc(N)n[nH]2)cc1OCC. The normalized spacial score (nSPS) is 12.2. The van der Waals surface area contributed by atoms with Gasteiger partial charge in [0.15, 0.2) is 11.5 Å². The van der Waals surface area contributed by atoms with E-state index in [0.29, 0.717) is 30.5 Å². The van der Waals surface area contributed by atoms with E-state index in [1.165, 1.54) is 0 Å². The first-order valence-corrected chi connectivity index (χ1v) is 6.48. The van der Waals surface area contributed by atoms with Crippen LogP contribution in [-0.2, 0) is 0 Å². The zero-order valence-corrected chi connectivity index (χ0v) is 11.6. The number of hydrogen-bond donors (Lipinski definition) is 3. The quantitative estimate of drug-likeness (QED) is 0.732. The van der Waals surface area contributed by atoms with Crippen LogP contribution in [0.3, 0.4) is 0 Å². The number of nitrogens with two attached hydrogens (primary N) is 2. The monoisotopic (exact) mass is 277 g/mol. The summed E-state index contributed by atoms with van der Waals surface area (Å²) in [5.41, 5.74) is 12.5. The average molecular weight is 277 g/mol. The van der Waals surface area contributed by atoms with Gasteiger partial charge in [0.05, 0.1) is 19.3 Å². The molecule has 0 fully saturated rings. The highest BCUT2D eigenvalue weighted by molar-refractivity contribution is 5.45. The van der Waals surface area contributed by atoms with E-state index in [-0.39, 0.29) is 5.95 Å². The van der Waals surface area contributed by atoms with Crippen LogP contribution in [0.15, 0.2) is 18.2 Å². The predicted molar refractivity (Wildman–Crippen MR) is 75.6 cm³/mol. The maximum Gasteiger partial charge on any atom is 0.239 e. The summed E-state index contributed by atoms with van der Waals surface area (Å²) < 4.78 is 11.1. The molecule has 5 N–H and O–H groups in total. The minimum Gasteiger partial charge on any atom is -0.490 e. The molecule has 2 aromatic rings. The van der Waals surface area contributed by atoms with Gasteiger partial charge in [0.2, 0.25) is 5.95 Å². The van der Waals surface area contributed by atoms with Crippen molar-refractivity contribution in [2.45, 2.75) is 19.9 Å². The Morgan fingerprint density at radius 2 is 1.90 bits per heavy atom. The van der Waals surface area contributed by atoms with Crippen molar-refractivity contribution < 1.29 is 9.47 Å². The molecule has 0 bridgehead atoms. The van der Waals surface area contributed by atoms with Gasteiger partial charge in [0.25, 0.3) is 0 Å². The molecule has 0 unspecified atom stereocenters. The van der Waals surface area contributed by atoms with E-state index in [4.69, 9.17) is 20.9 Å². The molecule has 7 heteroatoms. The molecular formula is C13H19N5O2. The fourth-order valence-corrected chi connectivity index (χ4v) is 1.85. The van der Waals surface area contributed by atoms with E-state index >= 15 is 0 Å². The summed E-state index contributed by atoms with van der Waals surface area (Å²) in [6.45, 7) is 4.96. The minimum atomic E-state index is -0.449. The summed E-state index contributed by atoms with van der Waals surface area (Å²) in [5.74, 6) is 2.04. The van der Waals surface area contributed by atoms with E-state index in [1.807, 2.05) is 32.0 Å². The molecule has 7 nitrogen and oxygen atoms in total. The first-order chi connectivity index (χ1) is 9.65. The van der Waals surface area contributed by atoms with Gasteiger partial charge >= 0.3 is 0 Å². The highest BCUT2D eigenvalue weighted by Gasteiger charge is 2.16. The number of aromatic amines is 1. The molecule has 0 spiro atoms. The Balaban J connectivity index is 2.29. The Kier molecular flexibility index (Phi) is 4.41. The molecule has 0 saturated carbocycles. The van der Waals surface area contributed by atoms with Crippen LogP contribution in [0.5, 0.6) is 11.5 Å². The molecule has 0 aliphatic carbocycles. The number of ether oxygens (including phenoxy) is 2. The molecule has 20 heavy (non-hydrogen) atoms. The Bertz CT molecular complexity index is 570. The van der Waals surface area contributed by atoms with Crippen molar-refractivity contribution in [2.24, 2.45) is 5.73 Å². The third-order valence-corrected chi connectivity index (χ3v) is 2.74. The molecule has 2 rings (SSSR count). The van der Waals surface area contributed by atoms with Gasteiger partial charge in [-0.1, -0.05) is 6.07 Å². The Labute approximate surface area is 117 Å². The number of benzene rings is 1. The van der Waals surface area contributed by atoms with Gasteiger partial charge in [-0.25, -0.2) is 0 Å². The number of nitrogen functional groups attached to an aromatic ring is 1. The Hall–Kier alpha value is -2.28. The summed E-state index contributed by atoms with van der Waals surface area (Å²) in [5, 5.41) is 6.49. The molecule has 1 aromatic carbocycles. The zero-order valence-electron chi connectivity index (χ0n) is 11.6. The summed E-state index contributed by atoms with van der Waals surface area (Å²) in [7, 11) is 0. The lowest BCUT2D eigenvalue weighted by Crippen LogP contribution is -2.14. The number of aromatic nitrogens is 3. The lowest BCUT2D eigenvalue weighted by atomic mass is 10.1. The molecule has 0 aliphatic rings.